The average molecular weight is 429 g/mol. The van der Waals surface area contributed by atoms with E-state index >= 15 is 0 Å². The Kier molecular flexibility index (Phi) is 7.40. The minimum Gasteiger partial charge on any atom is -0.492 e. The molecule has 2 rings (SSSR count). The topological polar surface area (TPSA) is 84.5 Å². The molecule has 2 atom stereocenters. The van der Waals surface area contributed by atoms with Crippen molar-refractivity contribution in [1.29, 1.82) is 0 Å². The maximum Gasteiger partial charge on any atom is 0.241 e. The molecule has 0 aliphatic rings. The maximum atomic E-state index is 13.0. The van der Waals surface area contributed by atoms with Crippen LogP contribution in [-0.2, 0) is 14.8 Å². The molecule has 0 heterocycles. The van der Waals surface area contributed by atoms with Crippen LogP contribution in [0, 0.1) is 5.82 Å². The molecular formula is C19H22ClFN2O4S. The molecular weight excluding hydrogens is 407 g/mol. The van der Waals surface area contributed by atoms with Gasteiger partial charge in [-0.05, 0) is 56.7 Å². The number of hydrogen-bond donors (Lipinski definition) is 2. The number of halogens is 2. The highest BCUT2D eigenvalue weighted by Crippen LogP contribution is 2.27. The summed E-state index contributed by atoms with van der Waals surface area (Å²) in [6.45, 7) is 5.34. The van der Waals surface area contributed by atoms with E-state index in [-0.39, 0.29) is 15.7 Å². The number of nitrogens with one attached hydrogen (secondary N) is 2. The summed E-state index contributed by atoms with van der Waals surface area (Å²) in [5.41, 5.74) is 0.697. The second-order valence-electron chi connectivity index (χ2n) is 6.15. The molecule has 1 amide bonds. The second kappa shape index (κ2) is 9.36. The highest BCUT2D eigenvalue weighted by Gasteiger charge is 2.24. The first-order valence-corrected chi connectivity index (χ1v) is 10.5. The third-order valence-electron chi connectivity index (χ3n) is 3.97. The zero-order valence-corrected chi connectivity index (χ0v) is 17.3. The Bertz CT molecular complexity index is 935. The average Bonchev–Trinajstić information content (AvgIpc) is 2.63. The van der Waals surface area contributed by atoms with E-state index in [1.807, 2.05) is 0 Å². The molecule has 9 heteroatoms. The van der Waals surface area contributed by atoms with Crippen molar-refractivity contribution in [3.8, 4) is 5.75 Å². The maximum absolute atomic E-state index is 13.0. The Balaban J connectivity index is 2.05. The number of ether oxygens (including phenoxy) is 1. The number of rotatable bonds is 8. The largest absolute Gasteiger partial charge is 0.492 e. The summed E-state index contributed by atoms with van der Waals surface area (Å²) in [5.74, 6) is -0.517. The number of amides is 1. The van der Waals surface area contributed by atoms with E-state index in [1.165, 1.54) is 37.3 Å². The lowest BCUT2D eigenvalue weighted by Gasteiger charge is -2.19. The van der Waals surface area contributed by atoms with Crippen LogP contribution in [0.5, 0.6) is 5.75 Å². The standard InChI is InChI=1S/C19H22ClFN2O4S/c1-4-27-18-10-9-16(11-17(18)20)28(25,26)23-13(3)19(24)22-12(2)14-5-7-15(21)8-6-14/h5-13,23H,4H2,1-3H3,(H,22,24)/t12-,13+/m1/s1. The van der Waals surface area contributed by atoms with Crippen molar-refractivity contribution in [2.75, 3.05) is 6.61 Å². The first-order chi connectivity index (χ1) is 13.1. The molecule has 0 bridgehead atoms. The van der Waals surface area contributed by atoms with Crippen LogP contribution in [0.2, 0.25) is 5.02 Å². The van der Waals surface area contributed by atoms with Crippen LogP contribution in [0.3, 0.4) is 0 Å². The van der Waals surface area contributed by atoms with Crippen molar-refractivity contribution in [3.05, 3.63) is 58.9 Å². The molecule has 6 nitrogen and oxygen atoms in total. The summed E-state index contributed by atoms with van der Waals surface area (Å²) in [6, 6.07) is 8.32. The molecule has 28 heavy (non-hydrogen) atoms. The third-order valence-corrected chi connectivity index (χ3v) is 5.80. The molecule has 0 spiro atoms. The van der Waals surface area contributed by atoms with Gasteiger partial charge in [-0.25, -0.2) is 12.8 Å². The summed E-state index contributed by atoms with van der Waals surface area (Å²) < 4.78 is 45.7. The summed E-state index contributed by atoms with van der Waals surface area (Å²) in [5, 5.41) is 2.85. The van der Waals surface area contributed by atoms with E-state index in [0.29, 0.717) is 17.9 Å². The quantitative estimate of drug-likeness (QED) is 0.674. The highest BCUT2D eigenvalue weighted by atomic mass is 35.5. The van der Waals surface area contributed by atoms with Crippen molar-refractivity contribution in [1.82, 2.24) is 10.0 Å². The van der Waals surface area contributed by atoms with Gasteiger partial charge in [0.05, 0.1) is 28.6 Å². The van der Waals surface area contributed by atoms with Crippen molar-refractivity contribution in [2.45, 2.75) is 37.8 Å². The Morgan fingerprint density at radius 2 is 1.82 bits per heavy atom. The first kappa shape index (κ1) is 22.1. The molecule has 0 aliphatic heterocycles. The minimum atomic E-state index is -3.97. The monoisotopic (exact) mass is 428 g/mol. The van der Waals surface area contributed by atoms with Crippen molar-refractivity contribution in [3.63, 3.8) is 0 Å². The van der Waals surface area contributed by atoms with E-state index in [9.17, 15) is 17.6 Å². The summed E-state index contributed by atoms with van der Waals surface area (Å²) in [4.78, 5) is 12.3. The van der Waals surface area contributed by atoms with E-state index in [4.69, 9.17) is 16.3 Å². The lowest BCUT2D eigenvalue weighted by molar-refractivity contribution is -0.123. The number of sulfonamides is 1. The van der Waals surface area contributed by atoms with E-state index in [2.05, 4.69) is 10.0 Å². The van der Waals surface area contributed by atoms with Crippen LogP contribution in [0.25, 0.3) is 0 Å². The van der Waals surface area contributed by atoms with Crippen molar-refractivity contribution >= 4 is 27.5 Å². The molecule has 0 fully saturated rings. The molecule has 0 aliphatic carbocycles. The van der Waals surface area contributed by atoms with Crippen molar-refractivity contribution < 1.29 is 22.3 Å². The lowest BCUT2D eigenvalue weighted by atomic mass is 10.1. The predicted octanol–water partition coefficient (Wildman–Crippen LogP) is 3.42. The molecule has 0 saturated heterocycles. The van der Waals surface area contributed by atoms with E-state index < -0.39 is 28.0 Å². The fourth-order valence-electron chi connectivity index (χ4n) is 2.45. The zero-order chi connectivity index (χ0) is 20.9. The number of carbonyl (C=O) groups excluding carboxylic acids is 1. The smallest absolute Gasteiger partial charge is 0.241 e. The minimum absolute atomic E-state index is 0.0767. The van der Waals surface area contributed by atoms with Crippen LogP contribution in [0.1, 0.15) is 32.4 Å². The van der Waals surface area contributed by atoms with Gasteiger partial charge in [0, 0.05) is 0 Å². The molecule has 2 aromatic rings. The van der Waals surface area contributed by atoms with Gasteiger partial charge in [0.2, 0.25) is 15.9 Å². The van der Waals surface area contributed by atoms with Crippen LogP contribution >= 0.6 is 11.6 Å². The Morgan fingerprint density at radius 3 is 2.39 bits per heavy atom. The van der Waals surface area contributed by atoms with Gasteiger partial charge in [0.15, 0.2) is 0 Å². The van der Waals surface area contributed by atoms with Gasteiger partial charge >= 0.3 is 0 Å². The lowest BCUT2D eigenvalue weighted by Crippen LogP contribution is -2.45. The molecule has 0 saturated carbocycles. The molecule has 152 valence electrons. The summed E-state index contributed by atoms with van der Waals surface area (Å²) >= 11 is 6.04. The summed E-state index contributed by atoms with van der Waals surface area (Å²) in [7, 11) is -3.97. The second-order valence-corrected chi connectivity index (χ2v) is 8.27. The zero-order valence-electron chi connectivity index (χ0n) is 15.7. The van der Waals surface area contributed by atoms with Crippen LogP contribution in [0.15, 0.2) is 47.4 Å². The highest BCUT2D eigenvalue weighted by molar-refractivity contribution is 7.89. The van der Waals surface area contributed by atoms with Crippen LogP contribution in [0.4, 0.5) is 4.39 Å². The van der Waals surface area contributed by atoms with Gasteiger partial charge in [-0.2, -0.15) is 4.72 Å². The molecule has 0 radical (unpaired) electrons. The van der Waals surface area contributed by atoms with Crippen LogP contribution in [-0.4, -0.2) is 27.0 Å². The summed E-state index contributed by atoms with van der Waals surface area (Å²) in [6.07, 6.45) is 0. The van der Waals surface area contributed by atoms with Crippen LogP contribution < -0.4 is 14.8 Å². The normalized spacial score (nSPS) is 13.6. The van der Waals surface area contributed by atoms with Gasteiger partial charge < -0.3 is 10.1 Å². The molecule has 2 aromatic carbocycles. The SMILES string of the molecule is CCOc1ccc(S(=O)(=O)N[C@@H](C)C(=O)N[C@H](C)c2ccc(F)cc2)cc1Cl. The first-order valence-electron chi connectivity index (χ1n) is 8.64. The predicted molar refractivity (Wildman–Crippen MR) is 105 cm³/mol. The number of carbonyl (C=O) groups is 1. The fourth-order valence-corrected chi connectivity index (χ4v) is 3.98. The van der Waals surface area contributed by atoms with Gasteiger partial charge in [-0.15, -0.1) is 0 Å². The van der Waals surface area contributed by atoms with Gasteiger partial charge in [0.1, 0.15) is 11.6 Å². The Labute approximate surface area is 169 Å². The van der Waals surface area contributed by atoms with Gasteiger partial charge in [-0.1, -0.05) is 23.7 Å². The molecule has 0 aromatic heterocycles. The number of benzene rings is 2. The Hall–Kier alpha value is -2.16. The Morgan fingerprint density at radius 1 is 1.18 bits per heavy atom. The third kappa shape index (κ3) is 5.67. The van der Waals surface area contributed by atoms with Gasteiger partial charge in [0.25, 0.3) is 0 Å². The fraction of sp³-hybridized carbons (Fsp3) is 0.316. The van der Waals surface area contributed by atoms with E-state index in [1.54, 1.807) is 26.0 Å². The molecule has 2 N–H and O–H groups in total. The number of hydrogen-bond acceptors (Lipinski definition) is 4. The molecule has 0 unspecified atom stereocenters. The van der Waals surface area contributed by atoms with Gasteiger partial charge in [-0.3, -0.25) is 4.79 Å². The van der Waals surface area contributed by atoms with E-state index in [0.717, 1.165) is 0 Å². The van der Waals surface area contributed by atoms with Crippen molar-refractivity contribution in [2.24, 2.45) is 0 Å².